The molecule has 2 aromatic heterocycles. The number of carboxylic acid groups (broad SMARTS) is 1. The number of fused-ring (bicyclic) bond motifs is 1. The van der Waals surface area contributed by atoms with Crippen molar-refractivity contribution in [3.05, 3.63) is 33.0 Å². The molecule has 7 nitrogen and oxygen atoms in total. The van der Waals surface area contributed by atoms with Gasteiger partial charge in [-0.25, -0.2) is 9.78 Å². The Morgan fingerprint density at radius 1 is 1.19 bits per heavy atom. The van der Waals surface area contributed by atoms with E-state index in [1.54, 1.807) is 0 Å². The van der Waals surface area contributed by atoms with Crippen LogP contribution in [0.25, 0.3) is 11.5 Å². The van der Waals surface area contributed by atoms with Gasteiger partial charge in [0.05, 0.1) is 24.5 Å². The number of aliphatic carboxylic acids is 1. The van der Waals surface area contributed by atoms with Crippen LogP contribution in [0.5, 0.6) is 0 Å². The zero-order valence-corrected chi connectivity index (χ0v) is 16.0. The fraction of sp³-hybridized carbons (Fsp3) is 0.421. The normalized spacial score (nSPS) is 16.5. The molecule has 0 saturated carbocycles. The van der Waals surface area contributed by atoms with E-state index in [4.69, 9.17) is 9.15 Å². The smallest absolute Gasteiger partial charge is 0.332 e. The number of nitrogens with zero attached hydrogens (tertiary/aromatic N) is 1. The maximum Gasteiger partial charge on any atom is 0.332 e. The second kappa shape index (κ2) is 6.94. The molecule has 2 N–H and O–H groups in total. The molecule has 3 heterocycles. The average molecular weight is 388 g/mol. The number of carbonyl (C=O) groups is 2. The molecular formula is C19H20N2O5S. The SMILES string of the molecule is Cc1nc(-c2c(NC(=O)C3=C(C(=O)O)CCC3)sc3c2CCOC3)oc1C. The summed E-state index contributed by atoms with van der Waals surface area (Å²) in [6, 6.07) is 0. The second-order valence-corrected chi connectivity index (χ2v) is 7.85. The third kappa shape index (κ3) is 3.19. The van der Waals surface area contributed by atoms with Crippen molar-refractivity contribution >= 4 is 28.2 Å². The van der Waals surface area contributed by atoms with E-state index >= 15 is 0 Å². The molecule has 2 aromatic rings. The minimum Gasteiger partial charge on any atom is -0.478 e. The van der Waals surface area contributed by atoms with E-state index in [0.717, 1.165) is 33.9 Å². The van der Waals surface area contributed by atoms with Crippen LogP contribution in [-0.2, 0) is 27.4 Å². The molecule has 8 heteroatoms. The number of carboxylic acids is 1. The van der Waals surface area contributed by atoms with Gasteiger partial charge in [0.25, 0.3) is 5.91 Å². The Morgan fingerprint density at radius 3 is 2.67 bits per heavy atom. The van der Waals surface area contributed by atoms with Crippen LogP contribution in [0.15, 0.2) is 15.6 Å². The Kier molecular flexibility index (Phi) is 4.61. The Bertz CT molecular complexity index is 950. The van der Waals surface area contributed by atoms with E-state index in [1.807, 2.05) is 13.8 Å². The van der Waals surface area contributed by atoms with Gasteiger partial charge in [-0.15, -0.1) is 11.3 Å². The highest BCUT2D eigenvalue weighted by Gasteiger charge is 2.30. The summed E-state index contributed by atoms with van der Waals surface area (Å²) in [4.78, 5) is 29.7. The number of nitrogens with one attached hydrogen (secondary N) is 1. The highest BCUT2D eigenvalue weighted by Crippen LogP contribution is 2.43. The van der Waals surface area contributed by atoms with Gasteiger partial charge in [0.15, 0.2) is 0 Å². The van der Waals surface area contributed by atoms with E-state index in [9.17, 15) is 14.7 Å². The summed E-state index contributed by atoms with van der Waals surface area (Å²) >= 11 is 1.44. The average Bonchev–Trinajstić information content (AvgIpc) is 3.32. The first-order valence-electron chi connectivity index (χ1n) is 8.89. The van der Waals surface area contributed by atoms with Crippen LogP contribution in [-0.4, -0.2) is 28.6 Å². The van der Waals surface area contributed by atoms with Gasteiger partial charge in [-0.05, 0) is 45.1 Å². The topological polar surface area (TPSA) is 102 Å². The molecule has 2 aliphatic rings. The fourth-order valence-corrected chi connectivity index (χ4v) is 4.71. The number of rotatable bonds is 4. The summed E-state index contributed by atoms with van der Waals surface area (Å²) in [5.41, 5.74) is 3.25. The summed E-state index contributed by atoms with van der Waals surface area (Å²) in [6.45, 7) is 4.83. The van der Waals surface area contributed by atoms with Gasteiger partial charge in [-0.1, -0.05) is 0 Å². The molecule has 0 radical (unpaired) electrons. The summed E-state index contributed by atoms with van der Waals surface area (Å²) in [6.07, 6.45) is 2.32. The third-order valence-electron chi connectivity index (χ3n) is 5.04. The van der Waals surface area contributed by atoms with Gasteiger partial charge in [0.1, 0.15) is 10.8 Å². The summed E-state index contributed by atoms with van der Waals surface area (Å²) in [5, 5.41) is 12.9. The van der Waals surface area contributed by atoms with Crippen molar-refractivity contribution in [1.82, 2.24) is 4.98 Å². The molecule has 0 aromatic carbocycles. The minimum atomic E-state index is -1.02. The lowest BCUT2D eigenvalue weighted by Crippen LogP contribution is -2.16. The summed E-state index contributed by atoms with van der Waals surface area (Å²) in [5.74, 6) is -0.152. The number of anilines is 1. The molecule has 1 aliphatic heterocycles. The Morgan fingerprint density at radius 2 is 1.96 bits per heavy atom. The molecule has 0 atom stereocenters. The number of oxazole rings is 1. The van der Waals surface area contributed by atoms with Gasteiger partial charge in [0, 0.05) is 16.0 Å². The molecule has 0 saturated heterocycles. The van der Waals surface area contributed by atoms with Crippen LogP contribution in [0.2, 0.25) is 0 Å². The molecule has 1 aliphatic carbocycles. The van der Waals surface area contributed by atoms with Gasteiger partial charge in [-0.2, -0.15) is 0 Å². The Labute approximate surface area is 160 Å². The van der Waals surface area contributed by atoms with E-state index < -0.39 is 5.97 Å². The van der Waals surface area contributed by atoms with Crippen molar-refractivity contribution in [1.29, 1.82) is 0 Å². The van der Waals surface area contributed by atoms with Crippen LogP contribution >= 0.6 is 11.3 Å². The molecule has 27 heavy (non-hydrogen) atoms. The van der Waals surface area contributed by atoms with E-state index in [-0.39, 0.29) is 11.5 Å². The number of ether oxygens (including phenoxy) is 1. The number of hydrogen-bond donors (Lipinski definition) is 2. The fourth-order valence-electron chi connectivity index (χ4n) is 3.54. The standard InChI is InChI=1S/C19H20N2O5S/c1-9-10(2)26-17(20-9)15-13-6-7-25-8-14(13)27-18(15)21-16(22)11-4-3-5-12(11)19(23)24/h3-8H2,1-2H3,(H,21,22)(H,23,24). The number of hydrogen-bond acceptors (Lipinski definition) is 6. The molecule has 0 bridgehead atoms. The van der Waals surface area contributed by atoms with Gasteiger partial charge < -0.3 is 19.6 Å². The lowest BCUT2D eigenvalue weighted by Gasteiger charge is -2.12. The van der Waals surface area contributed by atoms with E-state index in [1.165, 1.54) is 11.3 Å². The molecule has 0 fully saturated rings. The van der Waals surface area contributed by atoms with Gasteiger partial charge >= 0.3 is 5.97 Å². The van der Waals surface area contributed by atoms with Crippen LogP contribution in [0, 0.1) is 13.8 Å². The zero-order chi connectivity index (χ0) is 19.1. The Hall–Kier alpha value is -2.45. The first kappa shape index (κ1) is 17.9. The number of thiophene rings is 1. The van der Waals surface area contributed by atoms with Crippen molar-refractivity contribution in [2.75, 3.05) is 11.9 Å². The number of carbonyl (C=O) groups excluding carboxylic acids is 1. The monoisotopic (exact) mass is 388 g/mol. The molecule has 1 amide bonds. The zero-order valence-electron chi connectivity index (χ0n) is 15.2. The van der Waals surface area contributed by atoms with E-state index in [2.05, 4.69) is 10.3 Å². The molecular weight excluding hydrogens is 368 g/mol. The van der Waals surface area contributed by atoms with Crippen LogP contribution in [0.4, 0.5) is 5.00 Å². The number of amides is 1. The molecule has 4 rings (SSSR count). The first-order chi connectivity index (χ1) is 13.0. The highest BCUT2D eigenvalue weighted by atomic mass is 32.1. The number of aryl methyl sites for hydroxylation is 2. The largest absolute Gasteiger partial charge is 0.478 e. The highest BCUT2D eigenvalue weighted by molar-refractivity contribution is 7.17. The minimum absolute atomic E-state index is 0.210. The van der Waals surface area contributed by atoms with Crippen molar-refractivity contribution in [3.63, 3.8) is 0 Å². The van der Waals surface area contributed by atoms with Crippen LogP contribution in [0.3, 0.4) is 0 Å². The third-order valence-corrected chi connectivity index (χ3v) is 6.16. The quantitative estimate of drug-likeness (QED) is 0.830. The van der Waals surface area contributed by atoms with Crippen molar-refractivity contribution in [3.8, 4) is 11.5 Å². The summed E-state index contributed by atoms with van der Waals surface area (Å²) in [7, 11) is 0. The summed E-state index contributed by atoms with van der Waals surface area (Å²) < 4.78 is 11.4. The number of aromatic nitrogens is 1. The van der Waals surface area contributed by atoms with E-state index in [0.29, 0.717) is 48.9 Å². The van der Waals surface area contributed by atoms with Crippen LogP contribution in [0.1, 0.15) is 41.2 Å². The van der Waals surface area contributed by atoms with Crippen molar-refractivity contribution in [2.24, 2.45) is 0 Å². The van der Waals surface area contributed by atoms with Gasteiger partial charge in [0.2, 0.25) is 5.89 Å². The molecule has 0 spiro atoms. The molecule has 142 valence electrons. The first-order valence-corrected chi connectivity index (χ1v) is 9.70. The Balaban J connectivity index is 1.75. The maximum absolute atomic E-state index is 12.8. The van der Waals surface area contributed by atoms with Crippen molar-refractivity contribution < 1.29 is 23.8 Å². The lowest BCUT2D eigenvalue weighted by atomic mass is 10.1. The maximum atomic E-state index is 12.8. The molecule has 0 unspecified atom stereocenters. The van der Waals surface area contributed by atoms with Gasteiger partial charge in [-0.3, -0.25) is 4.79 Å². The van der Waals surface area contributed by atoms with Crippen molar-refractivity contribution in [2.45, 2.75) is 46.1 Å². The second-order valence-electron chi connectivity index (χ2n) is 6.74. The van der Waals surface area contributed by atoms with Crippen LogP contribution < -0.4 is 5.32 Å². The predicted molar refractivity (Wildman–Crippen MR) is 99.8 cm³/mol. The lowest BCUT2D eigenvalue weighted by molar-refractivity contribution is -0.133. The predicted octanol–water partition coefficient (Wildman–Crippen LogP) is 3.60.